The molecular weight excluding hydrogens is 506 g/mol. The maximum atomic E-state index is 13.9. The van der Waals surface area contributed by atoms with Gasteiger partial charge in [-0.05, 0) is 48.9 Å². The van der Waals surface area contributed by atoms with Gasteiger partial charge in [0, 0.05) is 0 Å². The first kappa shape index (κ1) is 26.0. The van der Waals surface area contributed by atoms with E-state index in [0.717, 1.165) is 11.3 Å². The number of hydroxylamine groups is 1. The van der Waals surface area contributed by atoms with Gasteiger partial charge in [0.2, 0.25) is 5.91 Å². The number of anilines is 2. The molecule has 0 saturated carbocycles. The highest BCUT2D eigenvalue weighted by Crippen LogP contribution is 2.51. The van der Waals surface area contributed by atoms with Crippen molar-refractivity contribution in [2.24, 2.45) is 5.92 Å². The summed E-state index contributed by atoms with van der Waals surface area (Å²) in [6.45, 7) is 2.53. The lowest BCUT2D eigenvalue weighted by Crippen LogP contribution is -2.37. The quantitative estimate of drug-likeness (QED) is 0.223. The zero-order chi connectivity index (χ0) is 27.7. The van der Waals surface area contributed by atoms with E-state index in [9.17, 15) is 19.7 Å². The molecular formula is C28H27N3O8. The number of nitrogens with zero attached hydrogens (tertiary/aromatic N) is 3. The lowest BCUT2D eigenvalue weighted by Gasteiger charge is -2.29. The highest BCUT2D eigenvalue weighted by molar-refractivity contribution is 6.24. The number of hydrogen-bond donors (Lipinski definition) is 0. The summed E-state index contributed by atoms with van der Waals surface area (Å²) in [7, 11) is 2.79. The van der Waals surface area contributed by atoms with Gasteiger partial charge in [0.25, 0.3) is 11.6 Å². The lowest BCUT2D eigenvalue weighted by molar-refractivity contribution is -0.385. The summed E-state index contributed by atoms with van der Waals surface area (Å²) in [4.78, 5) is 46.3. The molecule has 2 amide bonds. The van der Waals surface area contributed by atoms with Gasteiger partial charge in [-0.15, -0.1) is 0 Å². The molecule has 0 unspecified atom stereocenters. The number of rotatable bonds is 9. The SMILES string of the molecule is CCCOc1ccc(N2C(=O)[C@@H]3[C@@H](ON(c4ccccc4)[C@H]3c3cc(OC)c(OC)cc3[N+](=O)[O-])C2=O)cc1. The number of para-hydroxylation sites is 1. The van der Waals surface area contributed by atoms with E-state index in [4.69, 9.17) is 19.0 Å². The van der Waals surface area contributed by atoms with Crippen LogP contribution in [0.3, 0.4) is 0 Å². The second-order valence-electron chi connectivity index (χ2n) is 9.04. The van der Waals surface area contributed by atoms with E-state index in [2.05, 4.69) is 0 Å². The van der Waals surface area contributed by atoms with Crippen LogP contribution in [0.1, 0.15) is 24.9 Å². The van der Waals surface area contributed by atoms with E-state index < -0.39 is 34.8 Å². The molecule has 0 bridgehead atoms. The Hall–Kier alpha value is -4.64. The van der Waals surface area contributed by atoms with Gasteiger partial charge in [0.15, 0.2) is 17.6 Å². The fourth-order valence-electron chi connectivity index (χ4n) is 4.97. The van der Waals surface area contributed by atoms with Gasteiger partial charge >= 0.3 is 0 Å². The zero-order valence-electron chi connectivity index (χ0n) is 21.6. The van der Waals surface area contributed by atoms with Crippen LogP contribution < -0.4 is 24.2 Å². The zero-order valence-corrected chi connectivity index (χ0v) is 21.6. The summed E-state index contributed by atoms with van der Waals surface area (Å²) in [5, 5.41) is 13.6. The average molecular weight is 534 g/mol. The van der Waals surface area contributed by atoms with Crippen molar-refractivity contribution in [3.05, 3.63) is 82.4 Å². The van der Waals surface area contributed by atoms with Crippen LogP contribution in [0, 0.1) is 16.0 Å². The minimum atomic E-state index is -1.19. The summed E-state index contributed by atoms with van der Waals surface area (Å²) < 4.78 is 16.3. The predicted molar refractivity (Wildman–Crippen MR) is 141 cm³/mol. The van der Waals surface area contributed by atoms with Crippen molar-refractivity contribution in [3.8, 4) is 17.2 Å². The molecule has 11 heteroatoms. The second-order valence-corrected chi connectivity index (χ2v) is 9.04. The van der Waals surface area contributed by atoms with E-state index in [1.54, 1.807) is 54.6 Å². The third-order valence-electron chi connectivity index (χ3n) is 6.74. The average Bonchev–Trinajstić information content (AvgIpc) is 3.47. The van der Waals surface area contributed by atoms with Crippen LogP contribution in [-0.4, -0.2) is 43.7 Å². The third kappa shape index (κ3) is 4.50. The Morgan fingerprint density at radius 2 is 1.59 bits per heavy atom. The van der Waals surface area contributed by atoms with E-state index in [-0.39, 0.29) is 22.7 Å². The van der Waals surface area contributed by atoms with Crippen molar-refractivity contribution < 1.29 is 33.6 Å². The van der Waals surface area contributed by atoms with Crippen LogP contribution in [0.15, 0.2) is 66.7 Å². The standard InChI is InChI=1S/C28H27N3O8/c1-4-14-38-19-12-10-17(11-13-19)29-27(32)24-25(20-15-22(36-2)23(37-3)16-21(20)31(34)35)30(39-26(24)28(29)33)18-8-6-5-7-9-18/h5-13,15-16,24-26H,4,14H2,1-3H3/t24-,25-,26+/m0/s1. The number of carbonyl (C=O) groups is 2. The summed E-state index contributed by atoms with van der Waals surface area (Å²) in [6, 6.07) is 17.2. The van der Waals surface area contributed by atoms with Crippen molar-refractivity contribution in [1.82, 2.24) is 0 Å². The molecule has 2 aliphatic heterocycles. The number of amides is 2. The smallest absolute Gasteiger partial charge is 0.278 e. The second kappa shape index (κ2) is 10.6. The monoisotopic (exact) mass is 533 g/mol. The van der Waals surface area contributed by atoms with E-state index in [0.29, 0.717) is 23.7 Å². The maximum Gasteiger partial charge on any atom is 0.278 e. The molecule has 2 aliphatic rings. The largest absolute Gasteiger partial charge is 0.494 e. The van der Waals surface area contributed by atoms with Crippen LogP contribution in [0.2, 0.25) is 0 Å². The Morgan fingerprint density at radius 1 is 0.923 bits per heavy atom. The first-order valence-corrected chi connectivity index (χ1v) is 12.4. The number of fused-ring (bicyclic) bond motifs is 1. The molecule has 0 aliphatic carbocycles. The molecule has 2 saturated heterocycles. The molecule has 11 nitrogen and oxygen atoms in total. The molecule has 39 heavy (non-hydrogen) atoms. The number of carbonyl (C=O) groups excluding carboxylic acids is 2. The van der Waals surface area contributed by atoms with Gasteiger partial charge in [-0.2, -0.15) is 0 Å². The Bertz CT molecular complexity index is 1400. The summed E-state index contributed by atoms with van der Waals surface area (Å²) in [5.41, 5.74) is 0.753. The molecule has 3 aromatic rings. The van der Waals surface area contributed by atoms with Gasteiger partial charge in [-0.3, -0.25) is 24.5 Å². The van der Waals surface area contributed by atoms with Gasteiger partial charge < -0.3 is 14.2 Å². The van der Waals surface area contributed by atoms with E-state index >= 15 is 0 Å². The number of methoxy groups -OCH3 is 2. The first-order valence-electron chi connectivity index (χ1n) is 12.4. The molecule has 0 aromatic heterocycles. The highest BCUT2D eigenvalue weighted by atomic mass is 16.7. The molecule has 3 atom stereocenters. The molecule has 2 fully saturated rings. The minimum Gasteiger partial charge on any atom is -0.494 e. The van der Waals surface area contributed by atoms with Crippen LogP contribution >= 0.6 is 0 Å². The fraction of sp³-hybridized carbons (Fsp3) is 0.286. The van der Waals surface area contributed by atoms with Crippen LogP contribution in [0.4, 0.5) is 17.1 Å². The van der Waals surface area contributed by atoms with E-state index in [1.807, 2.05) is 6.92 Å². The highest BCUT2D eigenvalue weighted by Gasteiger charge is 2.61. The van der Waals surface area contributed by atoms with Crippen molar-refractivity contribution in [2.75, 3.05) is 30.8 Å². The number of nitro groups is 1. The lowest BCUT2D eigenvalue weighted by atomic mass is 9.89. The normalized spacial score (nSPS) is 20.2. The number of ether oxygens (including phenoxy) is 3. The Labute approximate surface area is 224 Å². The van der Waals surface area contributed by atoms with Crippen molar-refractivity contribution in [3.63, 3.8) is 0 Å². The van der Waals surface area contributed by atoms with Crippen molar-refractivity contribution >= 4 is 28.9 Å². The predicted octanol–water partition coefficient (Wildman–Crippen LogP) is 4.45. The van der Waals surface area contributed by atoms with Crippen molar-refractivity contribution in [2.45, 2.75) is 25.5 Å². The Kier molecular flexibility index (Phi) is 7.07. The molecule has 0 N–H and O–H groups in total. The number of hydrogen-bond acceptors (Lipinski definition) is 9. The number of imide groups is 1. The molecule has 2 heterocycles. The Morgan fingerprint density at radius 3 is 2.21 bits per heavy atom. The maximum absolute atomic E-state index is 13.9. The fourth-order valence-corrected chi connectivity index (χ4v) is 4.97. The van der Waals surface area contributed by atoms with Gasteiger partial charge in [0.05, 0.1) is 48.8 Å². The van der Waals surface area contributed by atoms with Crippen LogP contribution in [0.25, 0.3) is 0 Å². The molecule has 5 rings (SSSR count). The Balaban J connectivity index is 1.60. The summed E-state index contributed by atoms with van der Waals surface area (Å²) in [5.74, 6) is -1.13. The first-order chi connectivity index (χ1) is 18.9. The number of benzene rings is 3. The van der Waals surface area contributed by atoms with E-state index in [1.165, 1.54) is 31.4 Å². The van der Waals surface area contributed by atoms with Gasteiger partial charge in [0.1, 0.15) is 17.7 Å². The van der Waals surface area contributed by atoms with Crippen LogP contribution in [0.5, 0.6) is 17.2 Å². The molecule has 3 aromatic carbocycles. The van der Waals surface area contributed by atoms with Crippen LogP contribution in [-0.2, 0) is 14.4 Å². The number of nitro benzene ring substituents is 1. The minimum absolute atomic E-state index is 0.153. The topological polar surface area (TPSA) is 121 Å². The molecule has 202 valence electrons. The summed E-state index contributed by atoms with van der Waals surface area (Å²) >= 11 is 0. The van der Waals surface area contributed by atoms with Crippen molar-refractivity contribution in [1.29, 1.82) is 0 Å². The molecule has 0 radical (unpaired) electrons. The van der Waals surface area contributed by atoms with Gasteiger partial charge in [-0.1, -0.05) is 25.1 Å². The van der Waals surface area contributed by atoms with Gasteiger partial charge in [-0.25, -0.2) is 9.96 Å². The molecule has 0 spiro atoms. The summed E-state index contributed by atoms with van der Waals surface area (Å²) in [6.07, 6.45) is -0.348. The third-order valence-corrected chi connectivity index (χ3v) is 6.74.